The van der Waals surface area contributed by atoms with Gasteiger partial charge in [-0.1, -0.05) is 41.9 Å². The van der Waals surface area contributed by atoms with Crippen LogP contribution >= 0.6 is 11.6 Å². The molecule has 6 heteroatoms. The van der Waals surface area contributed by atoms with Crippen LogP contribution in [0, 0.1) is 0 Å². The lowest BCUT2D eigenvalue weighted by atomic mass is 10.0. The first-order chi connectivity index (χ1) is 15.0. The predicted molar refractivity (Wildman–Crippen MR) is 122 cm³/mol. The number of esters is 1. The van der Waals surface area contributed by atoms with Crippen molar-refractivity contribution in [1.29, 1.82) is 0 Å². The second kappa shape index (κ2) is 8.66. The number of aromatic nitrogens is 1. The molecule has 3 aromatic carbocycles. The van der Waals surface area contributed by atoms with Gasteiger partial charge in [0.25, 0.3) is 5.91 Å². The molecule has 0 bridgehead atoms. The summed E-state index contributed by atoms with van der Waals surface area (Å²) in [5, 5.41) is 4.68. The topological polar surface area (TPSA) is 71.2 Å². The van der Waals surface area contributed by atoms with Gasteiger partial charge < -0.3 is 15.0 Å². The van der Waals surface area contributed by atoms with Gasteiger partial charge in [0.2, 0.25) is 0 Å². The largest absolute Gasteiger partial charge is 0.465 e. The molecule has 0 unspecified atom stereocenters. The minimum atomic E-state index is -0.392. The number of hydrogen-bond acceptors (Lipinski definition) is 3. The number of H-pyrrole nitrogens is 1. The zero-order valence-corrected chi connectivity index (χ0v) is 17.9. The summed E-state index contributed by atoms with van der Waals surface area (Å²) < 4.78 is 4.72. The van der Waals surface area contributed by atoms with Crippen LogP contribution in [0.25, 0.3) is 22.2 Å². The average molecular weight is 433 g/mol. The minimum Gasteiger partial charge on any atom is -0.465 e. The average Bonchev–Trinajstić information content (AvgIpc) is 3.21. The van der Waals surface area contributed by atoms with Crippen molar-refractivity contribution >= 4 is 34.4 Å². The Morgan fingerprint density at radius 3 is 2.48 bits per heavy atom. The molecule has 4 aromatic rings. The summed E-state index contributed by atoms with van der Waals surface area (Å²) >= 11 is 6.10. The van der Waals surface area contributed by atoms with Gasteiger partial charge in [0, 0.05) is 32.7 Å². The van der Waals surface area contributed by atoms with Crippen molar-refractivity contribution in [2.45, 2.75) is 13.0 Å². The maximum Gasteiger partial charge on any atom is 0.337 e. The van der Waals surface area contributed by atoms with Gasteiger partial charge in [-0.15, -0.1) is 0 Å². The number of benzene rings is 3. The molecule has 0 spiro atoms. The number of carbonyl (C=O) groups excluding carboxylic acids is 2. The maximum absolute atomic E-state index is 13.1. The molecule has 1 amide bonds. The maximum atomic E-state index is 13.1. The highest BCUT2D eigenvalue weighted by Gasteiger charge is 2.17. The van der Waals surface area contributed by atoms with E-state index in [1.54, 1.807) is 18.2 Å². The molecule has 0 aliphatic rings. The fourth-order valence-electron chi connectivity index (χ4n) is 3.55. The molecule has 1 atom stereocenters. The molecule has 0 saturated heterocycles. The first kappa shape index (κ1) is 20.7. The smallest absolute Gasteiger partial charge is 0.337 e. The third kappa shape index (κ3) is 4.32. The lowest BCUT2D eigenvalue weighted by Gasteiger charge is -2.16. The molecular formula is C25H21ClN2O3. The minimum absolute atomic E-state index is 0.183. The van der Waals surface area contributed by atoms with Crippen LogP contribution in [0.15, 0.2) is 72.8 Å². The van der Waals surface area contributed by atoms with E-state index < -0.39 is 5.97 Å². The van der Waals surface area contributed by atoms with Gasteiger partial charge in [-0.05, 0) is 55.0 Å². The van der Waals surface area contributed by atoms with Gasteiger partial charge in [0.05, 0.1) is 18.7 Å². The molecule has 1 aromatic heterocycles. The third-order valence-corrected chi connectivity index (χ3v) is 5.46. The number of amides is 1. The number of fused-ring (bicyclic) bond motifs is 1. The summed E-state index contributed by atoms with van der Waals surface area (Å²) in [6.45, 7) is 1.90. The number of rotatable bonds is 5. The number of hydrogen-bond donors (Lipinski definition) is 2. The summed E-state index contributed by atoms with van der Waals surface area (Å²) in [5.74, 6) is -0.575. The Morgan fingerprint density at radius 2 is 1.74 bits per heavy atom. The molecule has 0 radical (unpaired) electrons. The normalized spacial score (nSPS) is 11.8. The van der Waals surface area contributed by atoms with Gasteiger partial charge in [0.15, 0.2) is 0 Å². The van der Waals surface area contributed by atoms with Crippen molar-refractivity contribution in [3.63, 3.8) is 0 Å². The fourth-order valence-corrected chi connectivity index (χ4v) is 3.73. The predicted octanol–water partition coefficient (Wildman–Crippen LogP) is 5.77. The first-order valence-corrected chi connectivity index (χ1v) is 10.2. The Hall–Kier alpha value is -3.57. The monoisotopic (exact) mass is 432 g/mol. The highest BCUT2D eigenvalue weighted by Crippen LogP contribution is 2.29. The van der Waals surface area contributed by atoms with E-state index >= 15 is 0 Å². The standard InChI is InChI=1S/C25H21ClN2O3/c1-15(16-7-9-17(10-8-16)25(30)31-2)27-24(29)21-6-4-3-5-20(21)23-14-18-13-19(26)11-12-22(18)28-23/h3-15,28H,1-2H3,(H,27,29)/t15-/m0/s1. The highest BCUT2D eigenvalue weighted by molar-refractivity contribution is 6.31. The van der Waals surface area contributed by atoms with Gasteiger partial charge in [0.1, 0.15) is 0 Å². The van der Waals surface area contributed by atoms with E-state index in [2.05, 4.69) is 10.3 Å². The van der Waals surface area contributed by atoms with Crippen molar-refractivity contribution in [1.82, 2.24) is 10.3 Å². The van der Waals surface area contributed by atoms with Crippen LogP contribution in [0.2, 0.25) is 5.02 Å². The van der Waals surface area contributed by atoms with Crippen LogP contribution in [0.1, 0.15) is 39.2 Å². The lowest BCUT2D eigenvalue weighted by Crippen LogP contribution is -2.27. The number of halogens is 1. The molecule has 1 heterocycles. The number of methoxy groups -OCH3 is 1. The Bertz CT molecular complexity index is 1260. The Kier molecular flexibility index (Phi) is 5.78. The van der Waals surface area contributed by atoms with Gasteiger partial charge in [-0.3, -0.25) is 4.79 Å². The van der Waals surface area contributed by atoms with Crippen molar-refractivity contribution in [3.05, 3.63) is 94.5 Å². The number of ether oxygens (including phenoxy) is 1. The molecule has 4 rings (SSSR count). The molecule has 0 fully saturated rings. The van der Waals surface area contributed by atoms with Gasteiger partial charge >= 0.3 is 5.97 Å². The zero-order chi connectivity index (χ0) is 22.0. The molecule has 0 aliphatic carbocycles. The summed E-state index contributed by atoms with van der Waals surface area (Å²) in [7, 11) is 1.35. The molecule has 2 N–H and O–H groups in total. The van der Waals surface area contributed by atoms with E-state index in [0.29, 0.717) is 16.1 Å². The summed E-state index contributed by atoms with van der Waals surface area (Å²) in [6, 6.07) is 21.8. The van der Waals surface area contributed by atoms with Crippen LogP contribution in [0.4, 0.5) is 0 Å². The third-order valence-electron chi connectivity index (χ3n) is 5.22. The molecule has 5 nitrogen and oxygen atoms in total. The molecular weight excluding hydrogens is 412 g/mol. The fraction of sp³-hybridized carbons (Fsp3) is 0.120. The van der Waals surface area contributed by atoms with E-state index in [-0.39, 0.29) is 11.9 Å². The van der Waals surface area contributed by atoms with Crippen molar-refractivity contribution in [3.8, 4) is 11.3 Å². The summed E-state index contributed by atoms with van der Waals surface area (Å²) in [5.41, 5.74) is 4.53. The first-order valence-electron chi connectivity index (χ1n) is 9.83. The zero-order valence-electron chi connectivity index (χ0n) is 17.1. The van der Waals surface area contributed by atoms with E-state index in [0.717, 1.165) is 27.7 Å². The molecule has 0 saturated carbocycles. The van der Waals surface area contributed by atoms with E-state index in [9.17, 15) is 9.59 Å². The highest BCUT2D eigenvalue weighted by atomic mass is 35.5. The number of nitrogens with one attached hydrogen (secondary N) is 2. The van der Waals surface area contributed by atoms with Gasteiger partial charge in [-0.2, -0.15) is 0 Å². The van der Waals surface area contributed by atoms with Crippen LogP contribution in [0.3, 0.4) is 0 Å². The van der Waals surface area contributed by atoms with E-state index in [4.69, 9.17) is 16.3 Å². The SMILES string of the molecule is COC(=O)c1ccc([C@H](C)NC(=O)c2ccccc2-c2cc3cc(Cl)ccc3[nH]2)cc1. The van der Waals surface area contributed by atoms with Crippen LogP contribution in [-0.4, -0.2) is 24.0 Å². The van der Waals surface area contributed by atoms with E-state index in [1.165, 1.54) is 7.11 Å². The van der Waals surface area contributed by atoms with Crippen LogP contribution in [-0.2, 0) is 4.74 Å². The Labute approximate surface area is 185 Å². The second-order valence-corrected chi connectivity index (χ2v) is 7.71. The summed E-state index contributed by atoms with van der Waals surface area (Å²) in [4.78, 5) is 28.1. The van der Waals surface area contributed by atoms with Crippen molar-refractivity contribution in [2.75, 3.05) is 7.11 Å². The molecule has 156 valence electrons. The molecule has 31 heavy (non-hydrogen) atoms. The Balaban J connectivity index is 1.58. The Morgan fingerprint density at radius 1 is 1.00 bits per heavy atom. The van der Waals surface area contributed by atoms with Crippen molar-refractivity contribution in [2.24, 2.45) is 0 Å². The van der Waals surface area contributed by atoms with E-state index in [1.807, 2.05) is 61.5 Å². The van der Waals surface area contributed by atoms with Crippen LogP contribution in [0.5, 0.6) is 0 Å². The quantitative estimate of drug-likeness (QED) is 0.393. The second-order valence-electron chi connectivity index (χ2n) is 7.27. The lowest BCUT2D eigenvalue weighted by molar-refractivity contribution is 0.0600. The molecule has 0 aliphatic heterocycles. The summed E-state index contributed by atoms with van der Waals surface area (Å²) in [6.07, 6.45) is 0. The van der Waals surface area contributed by atoms with Gasteiger partial charge in [-0.25, -0.2) is 4.79 Å². The number of aromatic amines is 1. The van der Waals surface area contributed by atoms with Crippen molar-refractivity contribution < 1.29 is 14.3 Å². The number of carbonyl (C=O) groups is 2. The van der Waals surface area contributed by atoms with Crippen LogP contribution < -0.4 is 5.32 Å².